The van der Waals surface area contributed by atoms with Crippen molar-refractivity contribution in [2.45, 2.75) is 44.3 Å². The van der Waals surface area contributed by atoms with Gasteiger partial charge in [0.05, 0.1) is 0 Å². The molecule has 0 nitrogen and oxygen atoms in total. The Bertz CT molecular complexity index is 1140. The SMILES string of the molecule is CCC[Si]1(c2ccccc2)CCC(CP(I)(c2ccccc2)(c2ccccc2)c2ccccc2)CC1. The van der Waals surface area contributed by atoms with Crippen LogP contribution in [0.4, 0.5) is 0 Å². The van der Waals surface area contributed by atoms with Gasteiger partial charge in [0.25, 0.3) is 0 Å². The molecule has 0 atom stereocenters. The van der Waals surface area contributed by atoms with E-state index in [9.17, 15) is 0 Å². The number of halogens is 1. The van der Waals surface area contributed by atoms with Crippen molar-refractivity contribution in [1.82, 2.24) is 0 Å². The Balaban J connectivity index is 1.57. The zero-order valence-electron chi connectivity index (χ0n) is 21.4. The van der Waals surface area contributed by atoms with E-state index in [1.165, 1.54) is 59.5 Å². The summed E-state index contributed by atoms with van der Waals surface area (Å²) < 4.78 is -2.69. The summed E-state index contributed by atoms with van der Waals surface area (Å²) >= 11 is 2.99. The van der Waals surface area contributed by atoms with Crippen LogP contribution in [0, 0.1) is 5.92 Å². The van der Waals surface area contributed by atoms with Crippen LogP contribution >= 0.6 is 26.3 Å². The van der Waals surface area contributed by atoms with Crippen molar-refractivity contribution in [2.75, 3.05) is 6.16 Å². The predicted octanol–water partition coefficient (Wildman–Crippen LogP) is 8.04. The zero-order valence-corrected chi connectivity index (χ0v) is 25.5. The second kappa shape index (κ2) is 10.9. The first kappa shape index (κ1) is 25.9. The van der Waals surface area contributed by atoms with Crippen LogP contribution in [0.3, 0.4) is 0 Å². The average molecular weight is 621 g/mol. The summed E-state index contributed by atoms with van der Waals surface area (Å²) in [6.45, 7) is 2.39. The van der Waals surface area contributed by atoms with Gasteiger partial charge >= 0.3 is 233 Å². The molecule has 0 aliphatic carbocycles. The second-order valence-electron chi connectivity index (χ2n) is 10.7. The Morgan fingerprint density at radius 1 is 0.639 bits per heavy atom. The van der Waals surface area contributed by atoms with E-state index < -0.39 is 12.3 Å². The van der Waals surface area contributed by atoms with E-state index in [0.29, 0.717) is 0 Å². The molecule has 1 heterocycles. The zero-order chi connectivity index (χ0) is 24.9. The van der Waals surface area contributed by atoms with Gasteiger partial charge in [-0.15, -0.1) is 0 Å². The van der Waals surface area contributed by atoms with Crippen LogP contribution in [-0.4, -0.2) is 14.2 Å². The number of hydrogen-bond acceptors (Lipinski definition) is 0. The van der Waals surface area contributed by atoms with E-state index >= 15 is 0 Å². The molecule has 4 aromatic rings. The van der Waals surface area contributed by atoms with Crippen molar-refractivity contribution in [3.63, 3.8) is 0 Å². The van der Waals surface area contributed by atoms with Gasteiger partial charge in [-0.3, -0.25) is 0 Å². The Morgan fingerprint density at radius 3 is 1.42 bits per heavy atom. The monoisotopic (exact) mass is 620 g/mol. The maximum atomic E-state index is 2.99. The van der Waals surface area contributed by atoms with E-state index in [0.717, 1.165) is 5.92 Å². The Labute approximate surface area is 232 Å². The molecule has 0 radical (unpaired) electrons. The molecule has 3 heteroatoms. The summed E-state index contributed by atoms with van der Waals surface area (Å²) in [6, 6.07) is 50.4. The first-order chi connectivity index (χ1) is 17.6. The Kier molecular flexibility index (Phi) is 7.86. The van der Waals surface area contributed by atoms with Crippen molar-refractivity contribution in [1.29, 1.82) is 0 Å². The molecule has 4 aromatic carbocycles. The Hall–Kier alpha value is -1.74. The summed E-state index contributed by atoms with van der Waals surface area (Å²) in [6.07, 6.45) is 5.31. The normalized spacial score (nSPS) is 21.4. The summed E-state index contributed by atoms with van der Waals surface area (Å²) in [4.78, 5) is 0. The first-order valence-corrected chi connectivity index (χ1v) is 21.4. The van der Waals surface area contributed by atoms with Crippen LogP contribution in [-0.2, 0) is 0 Å². The number of hydrogen-bond donors (Lipinski definition) is 0. The molecule has 0 spiro atoms. The third-order valence-electron chi connectivity index (χ3n) is 8.66. The molecule has 0 aromatic heterocycles. The van der Waals surface area contributed by atoms with Gasteiger partial charge in [-0.2, -0.15) is 0 Å². The molecule has 0 amide bonds. The molecular weight excluding hydrogens is 582 g/mol. The van der Waals surface area contributed by atoms with Crippen LogP contribution in [0.5, 0.6) is 0 Å². The quantitative estimate of drug-likeness (QED) is 0.106. The molecule has 1 fully saturated rings. The molecule has 1 aliphatic rings. The van der Waals surface area contributed by atoms with Crippen molar-refractivity contribution in [3.05, 3.63) is 121 Å². The molecular formula is C33H38IPSi. The van der Waals surface area contributed by atoms with Crippen LogP contribution in [0.25, 0.3) is 0 Å². The summed E-state index contributed by atoms with van der Waals surface area (Å²) in [5, 5.41) is 6.26. The Morgan fingerprint density at radius 2 is 1.03 bits per heavy atom. The van der Waals surface area contributed by atoms with E-state index in [1.807, 2.05) is 0 Å². The fraction of sp³-hybridized carbons (Fsp3) is 0.273. The van der Waals surface area contributed by atoms with Gasteiger partial charge in [0.1, 0.15) is 0 Å². The predicted molar refractivity (Wildman–Crippen MR) is 173 cm³/mol. The number of benzene rings is 4. The van der Waals surface area contributed by atoms with E-state index in [-0.39, 0.29) is 0 Å². The van der Waals surface area contributed by atoms with Crippen molar-refractivity contribution >= 4 is 55.5 Å². The van der Waals surface area contributed by atoms with Crippen LogP contribution in [0.2, 0.25) is 18.1 Å². The van der Waals surface area contributed by atoms with E-state index in [1.54, 1.807) is 5.19 Å². The molecule has 0 unspecified atom stereocenters. The molecule has 1 saturated heterocycles. The number of rotatable bonds is 8. The molecule has 5 rings (SSSR count). The molecule has 36 heavy (non-hydrogen) atoms. The molecule has 0 bridgehead atoms. The van der Waals surface area contributed by atoms with Crippen LogP contribution < -0.4 is 21.1 Å². The molecule has 0 saturated carbocycles. The standard InChI is InChI=1S/C33H38IPSi/c1-2-25-36(33-21-13-6-14-22-33)26-23-29(24-27-36)28-35(34,30-15-7-3-8-16-30,31-17-9-4-10-18-31)32-19-11-5-12-20-32/h3-22,29H,2,23-28H2,1H3. The second-order valence-corrected chi connectivity index (χ2v) is 26.0. The van der Waals surface area contributed by atoms with E-state index in [2.05, 4.69) is 150 Å². The van der Waals surface area contributed by atoms with Gasteiger partial charge in [-0.1, -0.05) is 0 Å². The van der Waals surface area contributed by atoms with E-state index in [4.69, 9.17) is 0 Å². The summed E-state index contributed by atoms with van der Waals surface area (Å²) in [5.41, 5.74) is 0. The minimum absolute atomic E-state index is 0.751. The van der Waals surface area contributed by atoms with Crippen molar-refractivity contribution in [2.24, 2.45) is 5.92 Å². The van der Waals surface area contributed by atoms with Crippen LogP contribution in [0.15, 0.2) is 121 Å². The van der Waals surface area contributed by atoms with Gasteiger partial charge in [-0.25, -0.2) is 0 Å². The van der Waals surface area contributed by atoms with Gasteiger partial charge < -0.3 is 0 Å². The first-order valence-electron chi connectivity index (χ1n) is 13.5. The van der Waals surface area contributed by atoms with Gasteiger partial charge in [-0.05, 0) is 0 Å². The fourth-order valence-electron chi connectivity index (χ4n) is 6.83. The van der Waals surface area contributed by atoms with Crippen LogP contribution in [0.1, 0.15) is 26.2 Å². The third kappa shape index (κ3) is 4.66. The molecule has 0 N–H and O–H groups in total. The molecule has 1 aliphatic heterocycles. The third-order valence-corrected chi connectivity index (χ3v) is 25.7. The van der Waals surface area contributed by atoms with Crippen molar-refractivity contribution in [3.8, 4) is 0 Å². The fourth-order valence-corrected chi connectivity index (χ4v) is 22.0. The van der Waals surface area contributed by atoms with Gasteiger partial charge in [0.2, 0.25) is 0 Å². The topological polar surface area (TPSA) is 0 Å². The van der Waals surface area contributed by atoms with Gasteiger partial charge in [0, 0.05) is 0 Å². The van der Waals surface area contributed by atoms with Gasteiger partial charge in [0.15, 0.2) is 0 Å². The summed E-state index contributed by atoms with van der Waals surface area (Å²) in [7, 11) is -1.43. The van der Waals surface area contributed by atoms with Crippen molar-refractivity contribution < 1.29 is 0 Å². The minimum atomic E-state index is -2.69. The summed E-state index contributed by atoms with van der Waals surface area (Å²) in [5.74, 6) is 0.751. The molecule has 186 valence electrons. The average Bonchev–Trinajstić information content (AvgIpc) is 2.96. The maximum absolute atomic E-state index is 2.99.